The van der Waals surface area contributed by atoms with Crippen molar-refractivity contribution in [2.24, 2.45) is 23.7 Å². The van der Waals surface area contributed by atoms with Gasteiger partial charge in [-0.2, -0.15) is 0 Å². The summed E-state index contributed by atoms with van der Waals surface area (Å²) in [5.74, 6) is 1.61. The van der Waals surface area contributed by atoms with Crippen LogP contribution in [0.15, 0.2) is 12.1 Å². The summed E-state index contributed by atoms with van der Waals surface area (Å²) in [5.41, 5.74) is 4.79. The monoisotopic (exact) mass is 496 g/mol. The fourth-order valence-electron chi connectivity index (χ4n) is 6.69. The smallest absolute Gasteiger partial charge is 0.163 e. The van der Waals surface area contributed by atoms with Crippen molar-refractivity contribution in [1.29, 1.82) is 0 Å². The summed E-state index contributed by atoms with van der Waals surface area (Å²) in [7, 11) is 0. The molecule has 36 heavy (non-hydrogen) atoms. The first kappa shape index (κ1) is 30.5. The molecule has 0 radical (unpaired) electrons. The Kier molecular flexibility index (Phi) is 13.1. The van der Waals surface area contributed by atoms with Crippen molar-refractivity contribution < 1.29 is 14.4 Å². The maximum Gasteiger partial charge on any atom is 0.163 e. The van der Waals surface area contributed by atoms with E-state index in [0.29, 0.717) is 18.1 Å². The van der Waals surface area contributed by atoms with Gasteiger partial charge in [0.25, 0.3) is 0 Å². The molecular weight excluding hydrogens is 444 g/mol. The third-order valence-electron chi connectivity index (χ3n) is 8.30. The van der Waals surface area contributed by atoms with Crippen LogP contribution < -0.4 is 0 Å². The number of carbonyl (C=O) groups excluding carboxylic acids is 3. The zero-order valence-electron chi connectivity index (χ0n) is 24.1. The Labute approximate surface area is 221 Å². The molecule has 0 N–H and O–H groups in total. The lowest BCUT2D eigenvalue weighted by Gasteiger charge is -2.32. The maximum atomic E-state index is 13.3. The van der Waals surface area contributed by atoms with Crippen LogP contribution in [-0.4, -0.2) is 17.3 Å². The van der Waals surface area contributed by atoms with Gasteiger partial charge < -0.3 is 0 Å². The van der Waals surface area contributed by atoms with Crippen LogP contribution in [0, 0.1) is 30.6 Å². The van der Waals surface area contributed by atoms with Gasteiger partial charge in [0, 0.05) is 17.9 Å². The third-order valence-corrected chi connectivity index (χ3v) is 8.30. The molecule has 0 spiro atoms. The summed E-state index contributed by atoms with van der Waals surface area (Å²) in [6, 6.07) is 4.50. The molecule has 0 amide bonds. The highest BCUT2D eigenvalue weighted by Crippen LogP contribution is 2.38. The predicted octanol–water partition coefficient (Wildman–Crippen LogP) is 8.66. The summed E-state index contributed by atoms with van der Waals surface area (Å²) >= 11 is 0. The first-order valence-electron chi connectivity index (χ1n) is 14.9. The standard InChI is InChI=1S/C30H44O3.C3H8/c1-5-10-25(27(6-2)28(32)15-20(3)31)17-23-18-26-14-13-24(16-22-11-8-7-9-12-22)21(4)30(26)29(33)19-23;1-3-2/h13-14,22-23,25,27H,5-12,15-19H2,1-4H3;3H2,1-2H3. The van der Waals surface area contributed by atoms with Crippen LogP contribution in [0.1, 0.15) is 139 Å². The third kappa shape index (κ3) is 8.67. The molecule has 3 nitrogen and oxygen atoms in total. The normalized spacial score (nSPS) is 19.6. The van der Waals surface area contributed by atoms with E-state index in [9.17, 15) is 14.4 Å². The Balaban J connectivity index is 0.00000145. The van der Waals surface area contributed by atoms with E-state index in [2.05, 4.69) is 46.8 Å². The molecule has 2 aliphatic rings. The molecule has 1 saturated carbocycles. The van der Waals surface area contributed by atoms with E-state index >= 15 is 0 Å². The second kappa shape index (κ2) is 15.5. The van der Waals surface area contributed by atoms with E-state index in [0.717, 1.165) is 50.0 Å². The lowest BCUT2D eigenvalue weighted by Crippen LogP contribution is -2.30. The van der Waals surface area contributed by atoms with Crippen LogP contribution in [0.5, 0.6) is 0 Å². The van der Waals surface area contributed by atoms with Gasteiger partial charge in [-0.3, -0.25) is 14.4 Å². The van der Waals surface area contributed by atoms with E-state index in [-0.39, 0.29) is 29.8 Å². The van der Waals surface area contributed by atoms with Gasteiger partial charge in [0.1, 0.15) is 11.6 Å². The molecule has 1 fully saturated rings. The molecule has 0 heterocycles. The fraction of sp³-hybridized carbons (Fsp3) is 0.727. The number of fused-ring (bicyclic) bond motifs is 1. The molecule has 3 atom stereocenters. The number of hydrogen-bond donors (Lipinski definition) is 0. The average Bonchev–Trinajstić information content (AvgIpc) is 2.82. The van der Waals surface area contributed by atoms with Gasteiger partial charge in [-0.25, -0.2) is 0 Å². The van der Waals surface area contributed by atoms with Crippen molar-refractivity contribution >= 4 is 17.3 Å². The van der Waals surface area contributed by atoms with E-state index in [1.165, 1.54) is 62.1 Å². The molecule has 202 valence electrons. The summed E-state index contributed by atoms with van der Waals surface area (Å²) in [4.78, 5) is 37.6. The Bertz CT molecular complexity index is 862. The summed E-state index contributed by atoms with van der Waals surface area (Å²) in [6.07, 6.45) is 14.4. The Morgan fingerprint density at radius 2 is 1.64 bits per heavy atom. The molecule has 0 saturated heterocycles. The van der Waals surface area contributed by atoms with Crippen molar-refractivity contribution in [2.75, 3.05) is 0 Å². The first-order chi connectivity index (χ1) is 17.2. The van der Waals surface area contributed by atoms with Crippen molar-refractivity contribution in [3.63, 3.8) is 0 Å². The van der Waals surface area contributed by atoms with E-state index in [4.69, 9.17) is 0 Å². The number of carbonyl (C=O) groups is 3. The molecule has 1 aromatic carbocycles. The summed E-state index contributed by atoms with van der Waals surface area (Å²) in [6.45, 7) is 12.1. The van der Waals surface area contributed by atoms with Crippen LogP contribution in [0.25, 0.3) is 0 Å². The highest BCUT2D eigenvalue weighted by atomic mass is 16.1. The summed E-state index contributed by atoms with van der Waals surface area (Å²) < 4.78 is 0. The van der Waals surface area contributed by atoms with Crippen molar-refractivity contribution in [3.05, 3.63) is 34.4 Å². The molecule has 0 bridgehead atoms. The Morgan fingerprint density at radius 3 is 2.22 bits per heavy atom. The molecule has 0 aromatic heterocycles. The minimum absolute atomic E-state index is 0.0463. The fourth-order valence-corrected chi connectivity index (χ4v) is 6.69. The minimum Gasteiger partial charge on any atom is -0.300 e. The number of hydrogen-bond acceptors (Lipinski definition) is 3. The second-order valence-electron chi connectivity index (χ2n) is 11.6. The van der Waals surface area contributed by atoms with Gasteiger partial charge in [-0.15, -0.1) is 0 Å². The SMILES string of the molecule is CCC.CCCC(CC1CC(=O)c2c(ccc(CC3CCCCC3)c2C)C1)C(CC)C(=O)CC(C)=O. The second-order valence-corrected chi connectivity index (χ2v) is 11.6. The quantitative estimate of drug-likeness (QED) is 0.288. The molecule has 0 aliphatic heterocycles. The highest BCUT2D eigenvalue weighted by molar-refractivity contribution is 6.00. The molecule has 2 aliphatic carbocycles. The van der Waals surface area contributed by atoms with Crippen molar-refractivity contribution in [3.8, 4) is 0 Å². The molecule has 3 heteroatoms. The maximum absolute atomic E-state index is 13.3. The molecule has 3 rings (SSSR count). The minimum atomic E-state index is -0.0649. The zero-order valence-corrected chi connectivity index (χ0v) is 24.1. The van der Waals surface area contributed by atoms with Gasteiger partial charge in [-0.1, -0.05) is 91.2 Å². The molecular formula is C33H52O3. The number of benzene rings is 1. The van der Waals surface area contributed by atoms with Gasteiger partial charge in [0.15, 0.2) is 5.78 Å². The largest absolute Gasteiger partial charge is 0.300 e. The highest BCUT2D eigenvalue weighted by Gasteiger charge is 2.33. The Hall–Kier alpha value is -1.77. The number of rotatable bonds is 11. The van der Waals surface area contributed by atoms with Crippen LogP contribution in [0.2, 0.25) is 0 Å². The van der Waals surface area contributed by atoms with Crippen LogP contribution >= 0.6 is 0 Å². The lowest BCUT2D eigenvalue weighted by molar-refractivity contribution is -0.129. The lowest BCUT2D eigenvalue weighted by atomic mass is 9.71. The van der Waals surface area contributed by atoms with Crippen molar-refractivity contribution in [2.45, 2.75) is 131 Å². The van der Waals surface area contributed by atoms with Crippen molar-refractivity contribution in [1.82, 2.24) is 0 Å². The van der Waals surface area contributed by atoms with Crippen LogP contribution in [0.4, 0.5) is 0 Å². The van der Waals surface area contributed by atoms with Crippen LogP contribution in [0.3, 0.4) is 0 Å². The zero-order chi connectivity index (χ0) is 26.7. The topological polar surface area (TPSA) is 51.2 Å². The van der Waals surface area contributed by atoms with E-state index in [1.54, 1.807) is 0 Å². The first-order valence-corrected chi connectivity index (χ1v) is 14.9. The Morgan fingerprint density at radius 1 is 0.972 bits per heavy atom. The van der Waals surface area contributed by atoms with Gasteiger partial charge in [0.05, 0.1) is 6.42 Å². The average molecular weight is 497 g/mol. The van der Waals surface area contributed by atoms with Gasteiger partial charge in [-0.05, 0) is 74.0 Å². The molecule has 1 aromatic rings. The van der Waals surface area contributed by atoms with E-state index in [1.807, 2.05) is 0 Å². The van der Waals surface area contributed by atoms with Crippen LogP contribution in [-0.2, 0) is 22.4 Å². The number of Topliss-reactive ketones (excluding diaryl/α,β-unsaturated/α-hetero) is 3. The molecule has 3 unspecified atom stereocenters. The van der Waals surface area contributed by atoms with Gasteiger partial charge >= 0.3 is 0 Å². The van der Waals surface area contributed by atoms with Gasteiger partial charge in [0.2, 0.25) is 0 Å². The number of ketones is 3. The predicted molar refractivity (Wildman–Crippen MR) is 151 cm³/mol. The summed E-state index contributed by atoms with van der Waals surface area (Å²) in [5, 5.41) is 0. The van der Waals surface area contributed by atoms with E-state index < -0.39 is 0 Å².